The summed E-state index contributed by atoms with van der Waals surface area (Å²) < 4.78 is 38.8. The van der Waals surface area contributed by atoms with Gasteiger partial charge in [0.25, 0.3) is 0 Å². The van der Waals surface area contributed by atoms with Gasteiger partial charge in [-0.1, -0.05) is 22.0 Å². The Bertz CT molecular complexity index is 437. The number of hydrogen-bond acceptors (Lipinski definition) is 2. The van der Waals surface area contributed by atoms with Crippen molar-refractivity contribution in [3.05, 3.63) is 33.8 Å². The molecule has 0 aliphatic carbocycles. The maximum Gasteiger partial charge on any atom is 0.416 e. The number of rotatable bonds is 3. The van der Waals surface area contributed by atoms with E-state index >= 15 is 0 Å². The van der Waals surface area contributed by atoms with Crippen molar-refractivity contribution in [3.8, 4) is 12.3 Å². The van der Waals surface area contributed by atoms with Crippen LogP contribution in [0.1, 0.15) is 23.6 Å². The normalized spacial score (nSPS) is 13.2. The first-order valence-corrected chi connectivity index (χ1v) is 5.45. The fourth-order valence-electron chi connectivity index (χ4n) is 1.45. The monoisotopic (exact) mass is 306 g/mol. The van der Waals surface area contributed by atoms with E-state index < -0.39 is 17.8 Å². The largest absolute Gasteiger partial charge is 0.416 e. The summed E-state index contributed by atoms with van der Waals surface area (Å²) in [6.45, 7) is 0. The molecule has 1 unspecified atom stereocenters. The van der Waals surface area contributed by atoms with Gasteiger partial charge >= 0.3 is 6.18 Å². The van der Waals surface area contributed by atoms with Gasteiger partial charge in [0.05, 0.1) is 11.6 Å². The van der Waals surface area contributed by atoms with E-state index in [0.29, 0.717) is 4.47 Å². The lowest BCUT2D eigenvalue weighted by Crippen LogP contribution is -2.29. The van der Waals surface area contributed by atoms with Gasteiger partial charge in [-0.25, -0.2) is 0 Å². The number of terminal acetylenes is 1. The molecule has 92 valence electrons. The molecule has 1 atom stereocenters. The van der Waals surface area contributed by atoms with E-state index in [9.17, 15) is 13.2 Å². The Hall–Kier alpha value is -1.03. The molecule has 0 aromatic heterocycles. The maximum atomic E-state index is 12.8. The van der Waals surface area contributed by atoms with Gasteiger partial charge in [0, 0.05) is 10.9 Å². The van der Waals surface area contributed by atoms with Gasteiger partial charge in [0.15, 0.2) is 0 Å². The van der Waals surface area contributed by atoms with Gasteiger partial charge < -0.3 is 0 Å². The second-order valence-corrected chi connectivity index (χ2v) is 4.27. The highest BCUT2D eigenvalue weighted by Crippen LogP contribution is 2.36. The minimum atomic E-state index is -4.44. The van der Waals surface area contributed by atoms with E-state index in [1.165, 1.54) is 12.1 Å². The molecule has 0 saturated heterocycles. The summed E-state index contributed by atoms with van der Waals surface area (Å²) >= 11 is 3.01. The summed E-state index contributed by atoms with van der Waals surface area (Å²) in [5.41, 5.74) is 1.59. The van der Waals surface area contributed by atoms with E-state index in [-0.39, 0.29) is 12.0 Å². The van der Waals surface area contributed by atoms with Crippen molar-refractivity contribution in [1.82, 2.24) is 5.43 Å². The van der Waals surface area contributed by atoms with Gasteiger partial charge in [0.1, 0.15) is 0 Å². The Morgan fingerprint density at radius 3 is 2.59 bits per heavy atom. The van der Waals surface area contributed by atoms with Gasteiger partial charge in [-0.3, -0.25) is 11.3 Å². The van der Waals surface area contributed by atoms with Gasteiger partial charge in [-0.15, -0.1) is 12.3 Å². The molecule has 17 heavy (non-hydrogen) atoms. The topological polar surface area (TPSA) is 38.0 Å². The maximum absolute atomic E-state index is 12.8. The summed E-state index contributed by atoms with van der Waals surface area (Å²) in [5.74, 6) is 7.51. The zero-order chi connectivity index (χ0) is 13.1. The highest BCUT2D eigenvalue weighted by Gasteiger charge is 2.35. The highest BCUT2D eigenvalue weighted by atomic mass is 79.9. The van der Waals surface area contributed by atoms with E-state index in [4.69, 9.17) is 12.3 Å². The molecule has 0 heterocycles. The minimum Gasteiger partial charge on any atom is -0.271 e. The average Bonchev–Trinajstić information content (AvgIpc) is 2.25. The quantitative estimate of drug-likeness (QED) is 0.512. The van der Waals surface area contributed by atoms with Crippen LogP contribution in [0, 0.1) is 12.3 Å². The molecule has 0 bridgehead atoms. The molecule has 3 N–H and O–H groups in total. The zero-order valence-electron chi connectivity index (χ0n) is 8.68. The number of nitrogens with one attached hydrogen (secondary N) is 1. The minimum absolute atomic E-state index is 0.0427. The fraction of sp³-hybridized carbons (Fsp3) is 0.273. The van der Waals surface area contributed by atoms with Crippen LogP contribution in [-0.2, 0) is 6.18 Å². The first-order chi connectivity index (χ1) is 7.90. The molecule has 0 amide bonds. The van der Waals surface area contributed by atoms with E-state index in [1.54, 1.807) is 0 Å². The third-order valence-corrected chi connectivity index (χ3v) is 2.71. The molecule has 1 aromatic rings. The first kappa shape index (κ1) is 14.0. The number of nitrogens with two attached hydrogens (primary N) is 1. The van der Waals surface area contributed by atoms with Crippen LogP contribution >= 0.6 is 15.9 Å². The summed E-state index contributed by atoms with van der Waals surface area (Å²) in [4.78, 5) is 0. The van der Waals surface area contributed by atoms with Crippen molar-refractivity contribution >= 4 is 15.9 Å². The molecule has 0 saturated carbocycles. The van der Waals surface area contributed by atoms with Crippen molar-refractivity contribution in [3.63, 3.8) is 0 Å². The van der Waals surface area contributed by atoms with Gasteiger partial charge in [-0.05, 0) is 17.7 Å². The van der Waals surface area contributed by atoms with Crippen LogP contribution in [0.25, 0.3) is 0 Å². The zero-order valence-corrected chi connectivity index (χ0v) is 10.3. The fourth-order valence-corrected chi connectivity index (χ4v) is 1.82. The van der Waals surface area contributed by atoms with Crippen molar-refractivity contribution in [2.24, 2.45) is 5.84 Å². The number of benzene rings is 1. The average molecular weight is 307 g/mol. The van der Waals surface area contributed by atoms with Crippen LogP contribution in [0.5, 0.6) is 0 Å². The van der Waals surface area contributed by atoms with Crippen LogP contribution < -0.4 is 11.3 Å². The SMILES string of the molecule is C#CCC(NN)c1ccc(Br)cc1C(F)(F)F. The second-order valence-electron chi connectivity index (χ2n) is 3.36. The molecular weight excluding hydrogens is 297 g/mol. The summed E-state index contributed by atoms with van der Waals surface area (Å²) in [5, 5.41) is 0. The second kappa shape index (κ2) is 5.54. The molecule has 2 nitrogen and oxygen atoms in total. The van der Waals surface area contributed by atoms with E-state index in [0.717, 1.165) is 6.07 Å². The summed E-state index contributed by atoms with van der Waals surface area (Å²) in [6.07, 6.45) is 0.738. The number of halogens is 4. The van der Waals surface area contributed by atoms with Crippen molar-refractivity contribution in [2.45, 2.75) is 18.6 Å². The lowest BCUT2D eigenvalue weighted by molar-refractivity contribution is -0.138. The molecule has 0 fully saturated rings. The van der Waals surface area contributed by atoms with Crippen molar-refractivity contribution in [2.75, 3.05) is 0 Å². The van der Waals surface area contributed by atoms with Crippen LogP contribution in [0.2, 0.25) is 0 Å². The smallest absolute Gasteiger partial charge is 0.271 e. The third kappa shape index (κ3) is 3.46. The van der Waals surface area contributed by atoms with Crippen LogP contribution in [0.15, 0.2) is 22.7 Å². The lowest BCUT2D eigenvalue weighted by Gasteiger charge is -2.19. The molecular formula is C11H10BrF3N2. The Labute approximate surface area is 105 Å². The standard InChI is InChI=1S/C11H10BrF3N2/c1-2-3-10(17-16)8-5-4-7(12)6-9(8)11(13,14)15/h1,4-6,10,17H,3,16H2. The molecule has 1 rings (SSSR count). The van der Waals surface area contributed by atoms with E-state index in [1.807, 2.05) is 0 Å². The van der Waals surface area contributed by atoms with E-state index in [2.05, 4.69) is 27.3 Å². The Morgan fingerprint density at radius 2 is 2.12 bits per heavy atom. The van der Waals surface area contributed by atoms with Crippen LogP contribution in [0.3, 0.4) is 0 Å². The molecule has 1 aromatic carbocycles. The Kier molecular flexibility index (Phi) is 4.57. The summed E-state index contributed by atoms with van der Waals surface area (Å²) in [7, 11) is 0. The lowest BCUT2D eigenvalue weighted by atomic mass is 9.98. The van der Waals surface area contributed by atoms with Gasteiger partial charge in [0.2, 0.25) is 0 Å². The predicted octanol–water partition coefficient (Wildman–Crippen LogP) is 3.00. The molecule has 0 spiro atoms. The Morgan fingerprint density at radius 1 is 1.47 bits per heavy atom. The van der Waals surface area contributed by atoms with Crippen molar-refractivity contribution in [1.29, 1.82) is 0 Å². The number of hydrazine groups is 1. The molecule has 0 aliphatic rings. The summed E-state index contributed by atoms with van der Waals surface area (Å²) in [6, 6.07) is 3.17. The Balaban J connectivity index is 3.28. The van der Waals surface area contributed by atoms with Crippen LogP contribution in [0.4, 0.5) is 13.2 Å². The van der Waals surface area contributed by atoms with Crippen molar-refractivity contribution < 1.29 is 13.2 Å². The number of alkyl halides is 3. The first-order valence-electron chi connectivity index (χ1n) is 4.66. The molecule has 0 aliphatic heterocycles. The third-order valence-electron chi connectivity index (χ3n) is 2.22. The van der Waals surface area contributed by atoms with Gasteiger partial charge in [-0.2, -0.15) is 13.2 Å². The molecule has 0 radical (unpaired) electrons. The van der Waals surface area contributed by atoms with Crippen LogP contribution in [-0.4, -0.2) is 0 Å². The highest BCUT2D eigenvalue weighted by molar-refractivity contribution is 9.10. The number of hydrogen-bond donors (Lipinski definition) is 2. The molecule has 6 heteroatoms. The predicted molar refractivity (Wildman–Crippen MR) is 62.7 cm³/mol.